The number of hydrogen-bond donors (Lipinski definition) is 1. The molecule has 4 heteroatoms. The summed E-state index contributed by atoms with van der Waals surface area (Å²) in [6, 6.07) is 1.81. The topological polar surface area (TPSA) is 30.9 Å². The maximum Gasteiger partial charge on any atom is 0.256 e. The minimum atomic E-state index is -2.29. The molecule has 0 saturated heterocycles. The lowest BCUT2D eigenvalue weighted by atomic mass is 10.2. The van der Waals surface area contributed by atoms with Crippen molar-refractivity contribution >= 4 is 0 Å². The number of hydrogen-bond acceptors (Lipinski definition) is 1. The fourth-order valence-corrected chi connectivity index (χ4v) is 1.08. The van der Waals surface area contributed by atoms with Crippen LogP contribution in [0.15, 0.2) is 18.5 Å². The van der Waals surface area contributed by atoms with Crippen LogP contribution in [0.2, 0.25) is 0 Å². The maximum atomic E-state index is 11.9. The summed E-state index contributed by atoms with van der Waals surface area (Å²) in [6.45, 7) is 0.323. The number of aromatic nitrogens is 1. The summed E-state index contributed by atoms with van der Waals surface area (Å²) in [5.41, 5.74) is 6.33. The molecule has 0 radical (unpaired) electrons. The van der Waals surface area contributed by atoms with E-state index in [1.54, 1.807) is 12.4 Å². The molecule has 0 atom stereocenters. The number of nitrogens with two attached hydrogens (primary N) is 1. The van der Waals surface area contributed by atoms with Gasteiger partial charge in [-0.1, -0.05) is 0 Å². The molecule has 12 heavy (non-hydrogen) atoms. The number of nitrogens with zero attached hydrogens (tertiary/aromatic N) is 1. The summed E-state index contributed by atoms with van der Waals surface area (Å²) < 4.78 is 25.2. The Bertz CT molecular complexity index is 233. The molecule has 0 aromatic carbocycles. The van der Waals surface area contributed by atoms with Crippen molar-refractivity contribution in [3.8, 4) is 0 Å². The van der Waals surface area contributed by atoms with Crippen LogP contribution in [0.4, 0.5) is 8.78 Å². The fraction of sp³-hybridized carbons (Fsp3) is 0.500. The normalized spacial score (nSPS) is 11.0. The highest BCUT2D eigenvalue weighted by Gasteiger charge is 2.03. The molecule has 1 aromatic rings. The molecule has 1 rings (SSSR count). The maximum absolute atomic E-state index is 11.9. The molecule has 0 aliphatic heterocycles. The van der Waals surface area contributed by atoms with Crippen LogP contribution in [-0.4, -0.2) is 17.5 Å². The predicted molar refractivity (Wildman–Crippen MR) is 43.2 cm³/mol. The zero-order valence-electron chi connectivity index (χ0n) is 6.71. The molecule has 1 heterocycles. The van der Waals surface area contributed by atoms with Gasteiger partial charge in [0.1, 0.15) is 0 Å². The minimum absolute atomic E-state index is 0.232. The Morgan fingerprint density at radius 1 is 1.50 bits per heavy atom. The average molecular weight is 174 g/mol. The van der Waals surface area contributed by atoms with Crippen molar-refractivity contribution in [3.05, 3.63) is 24.0 Å². The van der Waals surface area contributed by atoms with Gasteiger partial charge in [-0.25, -0.2) is 8.78 Å². The molecule has 68 valence electrons. The Morgan fingerprint density at radius 2 is 2.25 bits per heavy atom. The van der Waals surface area contributed by atoms with Crippen LogP contribution < -0.4 is 5.73 Å². The van der Waals surface area contributed by atoms with E-state index in [2.05, 4.69) is 0 Å². The lowest BCUT2D eigenvalue weighted by Gasteiger charge is -1.99. The molecular formula is C8H12F2N2. The van der Waals surface area contributed by atoms with Crippen LogP contribution in [0.1, 0.15) is 5.56 Å². The summed E-state index contributed by atoms with van der Waals surface area (Å²) in [5.74, 6) is 0. The summed E-state index contributed by atoms with van der Waals surface area (Å²) >= 11 is 0. The molecule has 0 fully saturated rings. The third-order valence-corrected chi connectivity index (χ3v) is 1.59. The summed E-state index contributed by atoms with van der Waals surface area (Å²) in [7, 11) is 0. The lowest BCUT2D eigenvalue weighted by molar-refractivity contribution is 0.126. The second-order valence-corrected chi connectivity index (χ2v) is 2.65. The van der Waals surface area contributed by atoms with Gasteiger partial charge in [0.15, 0.2) is 0 Å². The third kappa shape index (κ3) is 2.62. The first-order valence-electron chi connectivity index (χ1n) is 3.85. The van der Waals surface area contributed by atoms with Crippen molar-refractivity contribution in [2.45, 2.75) is 19.4 Å². The molecule has 2 N–H and O–H groups in total. The van der Waals surface area contributed by atoms with Crippen LogP contribution >= 0.6 is 0 Å². The smallest absolute Gasteiger partial charge is 0.256 e. The van der Waals surface area contributed by atoms with Crippen LogP contribution in [-0.2, 0) is 13.0 Å². The first kappa shape index (κ1) is 9.19. The highest BCUT2D eigenvalue weighted by atomic mass is 19.3. The monoisotopic (exact) mass is 174 g/mol. The van der Waals surface area contributed by atoms with Gasteiger partial charge in [-0.15, -0.1) is 0 Å². The van der Waals surface area contributed by atoms with E-state index in [4.69, 9.17) is 5.73 Å². The number of rotatable bonds is 4. The van der Waals surface area contributed by atoms with E-state index in [0.29, 0.717) is 6.54 Å². The van der Waals surface area contributed by atoms with Gasteiger partial charge in [-0.05, 0) is 24.6 Å². The van der Waals surface area contributed by atoms with Gasteiger partial charge in [0.05, 0.1) is 6.54 Å². The van der Waals surface area contributed by atoms with Crippen molar-refractivity contribution in [1.82, 2.24) is 4.57 Å². The van der Waals surface area contributed by atoms with Crippen molar-refractivity contribution in [3.63, 3.8) is 0 Å². The number of halogens is 2. The summed E-state index contributed by atoms with van der Waals surface area (Å²) in [5, 5.41) is 0. The third-order valence-electron chi connectivity index (χ3n) is 1.59. The first-order chi connectivity index (χ1) is 5.72. The van der Waals surface area contributed by atoms with Crippen LogP contribution in [0, 0.1) is 0 Å². The van der Waals surface area contributed by atoms with E-state index in [0.717, 1.165) is 12.0 Å². The average Bonchev–Trinajstić information content (AvgIpc) is 2.36. The molecule has 0 aliphatic carbocycles. The second-order valence-electron chi connectivity index (χ2n) is 2.65. The SMILES string of the molecule is NCCc1ccn(CC(F)F)c1. The van der Waals surface area contributed by atoms with E-state index in [9.17, 15) is 8.78 Å². The molecule has 0 bridgehead atoms. The zero-order chi connectivity index (χ0) is 8.97. The molecule has 0 unspecified atom stereocenters. The highest BCUT2D eigenvalue weighted by molar-refractivity contribution is 5.10. The van der Waals surface area contributed by atoms with Gasteiger partial charge in [-0.2, -0.15) is 0 Å². The lowest BCUT2D eigenvalue weighted by Crippen LogP contribution is -2.04. The summed E-state index contributed by atoms with van der Waals surface area (Å²) in [6.07, 6.45) is 1.81. The quantitative estimate of drug-likeness (QED) is 0.731. The van der Waals surface area contributed by atoms with Gasteiger partial charge in [0.2, 0.25) is 0 Å². The zero-order valence-corrected chi connectivity index (χ0v) is 6.71. The molecule has 0 amide bonds. The fourth-order valence-electron chi connectivity index (χ4n) is 1.08. The number of alkyl halides is 2. The Morgan fingerprint density at radius 3 is 2.83 bits per heavy atom. The van der Waals surface area contributed by atoms with Gasteiger partial charge < -0.3 is 10.3 Å². The first-order valence-corrected chi connectivity index (χ1v) is 3.85. The Labute approximate surface area is 70.0 Å². The van der Waals surface area contributed by atoms with Gasteiger partial charge in [-0.3, -0.25) is 0 Å². The van der Waals surface area contributed by atoms with E-state index >= 15 is 0 Å². The molecular weight excluding hydrogens is 162 g/mol. The standard InChI is InChI=1S/C8H12F2N2/c9-8(10)6-12-4-2-7(5-12)1-3-11/h2,4-5,8H,1,3,6,11H2. The Balaban J connectivity index is 2.52. The minimum Gasteiger partial charge on any atom is -0.348 e. The van der Waals surface area contributed by atoms with E-state index < -0.39 is 6.43 Å². The molecule has 1 aromatic heterocycles. The summed E-state index contributed by atoms with van der Waals surface area (Å²) in [4.78, 5) is 0. The Kier molecular flexibility index (Phi) is 3.22. The van der Waals surface area contributed by atoms with Gasteiger partial charge >= 0.3 is 0 Å². The van der Waals surface area contributed by atoms with Crippen LogP contribution in [0.3, 0.4) is 0 Å². The molecule has 0 saturated carbocycles. The van der Waals surface area contributed by atoms with Gasteiger partial charge in [0.25, 0.3) is 6.43 Å². The van der Waals surface area contributed by atoms with E-state index in [1.165, 1.54) is 4.57 Å². The second kappa shape index (κ2) is 4.21. The van der Waals surface area contributed by atoms with E-state index in [-0.39, 0.29) is 6.54 Å². The van der Waals surface area contributed by atoms with Crippen LogP contribution in [0.5, 0.6) is 0 Å². The van der Waals surface area contributed by atoms with Crippen molar-refractivity contribution in [1.29, 1.82) is 0 Å². The van der Waals surface area contributed by atoms with Gasteiger partial charge in [0, 0.05) is 12.4 Å². The van der Waals surface area contributed by atoms with Crippen molar-refractivity contribution < 1.29 is 8.78 Å². The molecule has 0 aliphatic rings. The predicted octanol–water partition coefficient (Wildman–Crippen LogP) is 1.25. The highest BCUT2D eigenvalue weighted by Crippen LogP contribution is 2.04. The molecule has 2 nitrogen and oxygen atoms in total. The largest absolute Gasteiger partial charge is 0.348 e. The van der Waals surface area contributed by atoms with Crippen LogP contribution in [0.25, 0.3) is 0 Å². The Hall–Kier alpha value is -0.900. The molecule has 0 spiro atoms. The van der Waals surface area contributed by atoms with Crippen molar-refractivity contribution in [2.75, 3.05) is 6.54 Å². The van der Waals surface area contributed by atoms with E-state index in [1.807, 2.05) is 6.07 Å². The van der Waals surface area contributed by atoms with Crippen molar-refractivity contribution in [2.24, 2.45) is 5.73 Å².